The van der Waals surface area contributed by atoms with Crippen molar-refractivity contribution in [3.8, 4) is 0 Å². The molecule has 0 aliphatic heterocycles. The van der Waals surface area contributed by atoms with E-state index in [4.69, 9.17) is 0 Å². The van der Waals surface area contributed by atoms with Gasteiger partial charge in [0.1, 0.15) is 5.82 Å². The van der Waals surface area contributed by atoms with Crippen molar-refractivity contribution >= 4 is 22.6 Å². The predicted molar refractivity (Wildman–Crippen MR) is 73.9 cm³/mol. The van der Waals surface area contributed by atoms with Crippen molar-refractivity contribution in [1.82, 2.24) is 10.3 Å². The van der Waals surface area contributed by atoms with Crippen molar-refractivity contribution in [3.63, 3.8) is 0 Å². The summed E-state index contributed by atoms with van der Waals surface area (Å²) in [6, 6.07) is 9.47. The maximum atomic E-state index is 11.9. The Morgan fingerprint density at radius 2 is 2.11 bits per heavy atom. The number of para-hydroxylation sites is 1. The van der Waals surface area contributed by atoms with Crippen LogP contribution in [0.5, 0.6) is 0 Å². The molecule has 4 heteroatoms. The summed E-state index contributed by atoms with van der Waals surface area (Å²) in [5.41, 5.74) is 1.49. The maximum Gasteiger partial charge on any atom is 0.251 e. The first-order valence-electron chi connectivity index (χ1n) is 6.12. The lowest BCUT2D eigenvalue weighted by atomic mass is 10.1. The van der Waals surface area contributed by atoms with Gasteiger partial charge in [0.25, 0.3) is 5.91 Å². The minimum Gasteiger partial charge on any atom is -0.370 e. The molecule has 1 heterocycles. The van der Waals surface area contributed by atoms with Crippen LogP contribution in [0.1, 0.15) is 23.7 Å². The van der Waals surface area contributed by atoms with E-state index in [0.29, 0.717) is 5.56 Å². The third kappa shape index (κ3) is 2.42. The molecule has 94 valence electrons. The SMILES string of the molecule is CCCNc1cc(C(=O)NC)c2ccccc2n1. The van der Waals surface area contributed by atoms with Gasteiger partial charge in [0.05, 0.1) is 11.1 Å². The molecule has 0 unspecified atom stereocenters. The Morgan fingerprint density at radius 1 is 1.33 bits per heavy atom. The first-order valence-corrected chi connectivity index (χ1v) is 6.12. The Morgan fingerprint density at radius 3 is 2.83 bits per heavy atom. The van der Waals surface area contributed by atoms with Gasteiger partial charge in [0.15, 0.2) is 0 Å². The van der Waals surface area contributed by atoms with E-state index in [9.17, 15) is 4.79 Å². The number of carbonyl (C=O) groups is 1. The van der Waals surface area contributed by atoms with Crippen molar-refractivity contribution in [2.75, 3.05) is 18.9 Å². The van der Waals surface area contributed by atoms with Crippen LogP contribution in [0.25, 0.3) is 10.9 Å². The normalized spacial score (nSPS) is 10.3. The van der Waals surface area contributed by atoms with Gasteiger partial charge in [-0.05, 0) is 18.6 Å². The largest absolute Gasteiger partial charge is 0.370 e. The van der Waals surface area contributed by atoms with Gasteiger partial charge in [-0.2, -0.15) is 0 Å². The number of anilines is 1. The molecule has 0 saturated carbocycles. The zero-order valence-corrected chi connectivity index (χ0v) is 10.7. The fraction of sp³-hybridized carbons (Fsp3) is 0.286. The van der Waals surface area contributed by atoms with Gasteiger partial charge >= 0.3 is 0 Å². The Bertz CT molecular complexity index is 566. The molecule has 0 saturated heterocycles. The summed E-state index contributed by atoms with van der Waals surface area (Å²) < 4.78 is 0. The topological polar surface area (TPSA) is 54.0 Å². The Hall–Kier alpha value is -2.10. The van der Waals surface area contributed by atoms with Crippen LogP contribution in [0, 0.1) is 0 Å². The van der Waals surface area contributed by atoms with E-state index in [1.54, 1.807) is 13.1 Å². The van der Waals surface area contributed by atoms with Crippen molar-refractivity contribution in [3.05, 3.63) is 35.9 Å². The van der Waals surface area contributed by atoms with Gasteiger partial charge in [-0.25, -0.2) is 4.98 Å². The molecule has 0 spiro atoms. The highest BCUT2D eigenvalue weighted by molar-refractivity contribution is 6.06. The molecule has 18 heavy (non-hydrogen) atoms. The van der Waals surface area contributed by atoms with Crippen LogP contribution < -0.4 is 10.6 Å². The molecule has 2 rings (SSSR count). The molecule has 0 atom stereocenters. The van der Waals surface area contributed by atoms with Crippen LogP contribution in [0.3, 0.4) is 0 Å². The van der Waals surface area contributed by atoms with E-state index in [0.717, 1.165) is 29.7 Å². The van der Waals surface area contributed by atoms with Crippen LogP contribution in [0.4, 0.5) is 5.82 Å². The van der Waals surface area contributed by atoms with E-state index in [-0.39, 0.29) is 5.91 Å². The lowest BCUT2D eigenvalue weighted by Gasteiger charge is -2.09. The number of rotatable bonds is 4. The Labute approximate surface area is 106 Å². The molecule has 0 aliphatic carbocycles. The van der Waals surface area contributed by atoms with Gasteiger partial charge in [0, 0.05) is 19.0 Å². The zero-order chi connectivity index (χ0) is 13.0. The van der Waals surface area contributed by atoms with E-state index in [2.05, 4.69) is 22.5 Å². The average molecular weight is 243 g/mol. The fourth-order valence-electron chi connectivity index (χ4n) is 1.84. The molecule has 1 amide bonds. The van der Waals surface area contributed by atoms with E-state index >= 15 is 0 Å². The molecule has 0 fully saturated rings. The van der Waals surface area contributed by atoms with Crippen molar-refractivity contribution in [2.45, 2.75) is 13.3 Å². The van der Waals surface area contributed by atoms with Crippen LogP contribution in [-0.4, -0.2) is 24.5 Å². The molecule has 1 aromatic carbocycles. The van der Waals surface area contributed by atoms with Gasteiger partial charge < -0.3 is 10.6 Å². The van der Waals surface area contributed by atoms with Crippen molar-refractivity contribution < 1.29 is 4.79 Å². The molecule has 1 aromatic heterocycles. The van der Waals surface area contributed by atoms with Gasteiger partial charge in [-0.15, -0.1) is 0 Å². The number of amides is 1. The number of nitrogens with zero attached hydrogens (tertiary/aromatic N) is 1. The monoisotopic (exact) mass is 243 g/mol. The third-order valence-electron chi connectivity index (χ3n) is 2.74. The number of hydrogen-bond acceptors (Lipinski definition) is 3. The minimum atomic E-state index is -0.0897. The van der Waals surface area contributed by atoms with E-state index < -0.39 is 0 Å². The summed E-state index contributed by atoms with van der Waals surface area (Å²) in [4.78, 5) is 16.4. The Balaban J connectivity index is 2.53. The maximum absolute atomic E-state index is 11.9. The average Bonchev–Trinajstić information content (AvgIpc) is 2.43. The standard InChI is InChI=1S/C14H17N3O/c1-3-8-16-13-9-11(14(18)15-2)10-6-4-5-7-12(10)17-13/h4-7,9H,3,8H2,1-2H3,(H,15,18)(H,16,17). The molecule has 2 N–H and O–H groups in total. The molecule has 0 aliphatic rings. The van der Waals surface area contributed by atoms with Gasteiger partial charge in [-0.3, -0.25) is 4.79 Å². The van der Waals surface area contributed by atoms with Crippen LogP contribution >= 0.6 is 0 Å². The molecule has 2 aromatic rings. The number of benzene rings is 1. The first-order chi connectivity index (χ1) is 8.76. The molecular formula is C14H17N3O. The molecule has 0 radical (unpaired) electrons. The minimum absolute atomic E-state index is 0.0897. The second kappa shape index (κ2) is 5.49. The fourth-order valence-corrected chi connectivity index (χ4v) is 1.84. The summed E-state index contributed by atoms with van der Waals surface area (Å²) in [6.07, 6.45) is 1.02. The first kappa shape index (κ1) is 12.4. The number of aromatic nitrogens is 1. The quantitative estimate of drug-likeness (QED) is 0.867. The lowest BCUT2D eigenvalue weighted by molar-refractivity contribution is 0.0964. The van der Waals surface area contributed by atoms with Crippen molar-refractivity contribution in [2.24, 2.45) is 0 Å². The zero-order valence-electron chi connectivity index (χ0n) is 10.7. The number of pyridine rings is 1. The summed E-state index contributed by atoms with van der Waals surface area (Å²) >= 11 is 0. The molecule has 0 bridgehead atoms. The summed E-state index contributed by atoms with van der Waals surface area (Å²) in [6.45, 7) is 2.94. The highest BCUT2D eigenvalue weighted by Gasteiger charge is 2.10. The highest BCUT2D eigenvalue weighted by Crippen LogP contribution is 2.20. The lowest BCUT2D eigenvalue weighted by Crippen LogP contribution is -2.18. The second-order valence-electron chi connectivity index (χ2n) is 4.08. The molecule has 4 nitrogen and oxygen atoms in total. The Kier molecular flexibility index (Phi) is 3.77. The number of fused-ring (bicyclic) bond motifs is 1. The van der Waals surface area contributed by atoms with E-state index in [1.165, 1.54) is 0 Å². The van der Waals surface area contributed by atoms with Crippen LogP contribution in [0.2, 0.25) is 0 Å². The number of nitrogens with one attached hydrogen (secondary N) is 2. The highest BCUT2D eigenvalue weighted by atomic mass is 16.1. The van der Waals surface area contributed by atoms with Gasteiger partial charge in [0.2, 0.25) is 0 Å². The predicted octanol–water partition coefficient (Wildman–Crippen LogP) is 2.42. The summed E-state index contributed by atoms with van der Waals surface area (Å²) in [7, 11) is 1.64. The van der Waals surface area contributed by atoms with Gasteiger partial charge in [-0.1, -0.05) is 25.1 Å². The van der Waals surface area contributed by atoms with E-state index in [1.807, 2.05) is 24.3 Å². The third-order valence-corrected chi connectivity index (χ3v) is 2.74. The van der Waals surface area contributed by atoms with Crippen LogP contribution in [-0.2, 0) is 0 Å². The molecular weight excluding hydrogens is 226 g/mol. The summed E-state index contributed by atoms with van der Waals surface area (Å²) in [5, 5.41) is 6.75. The second-order valence-corrected chi connectivity index (χ2v) is 4.08. The smallest absolute Gasteiger partial charge is 0.251 e. The van der Waals surface area contributed by atoms with Crippen molar-refractivity contribution in [1.29, 1.82) is 0 Å². The number of hydrogen-bond donors (Lipinski definition) is 2. The number of carbonyl (C=O) groups excluding carboxylic acids is 1. The van der Waals surface area contributed by atoms with Crippen LogP contribution in [0.15, 0.2) is 30.3 Å². The summed E-state index contributed by atoms with van der Waals surface area (Å²) in [5.74, 6) is 0.655.